The van der Waals surface area contributed by atoms with Gasteiger partial charge in [0.05, 0.1) is 0 Å². The summed E-state index contributed by atoms with van der Waals surface area (Å²) in [5.74, 6) is -3.66. The molecule has 0 bridgehead atoms. The molecule has 3 rings (SSSR count). The number of benzene rings is 3. The molecule has 0 aliphatic rings. The first kappa shape index (κ1) is 23.9. The topological polar surface area (TPSA) is 135 Å². The molecule has 7 nitrogen and oxygen atoms in total. The summed E-state index contributed by atoms with van der Waals surface area (Å²) in [4.78, 5) is 22.7. The first-order chi connectivity index (χ1) is 15.0. The number of hydrogen-bond donors (Lipinski definition) is 5. The van der Waals surface area contributed by atoms with E-state index in [0.717, 1.165) is 0 Å². The SMILES string of the molecule is O=C(O)c1cc(Br)cc(Cc2cc(Cl)cc(Cc3cc(Br)cc(C(=O)O)c3O)c2O)c1O. The Hall–Kier alpha value is -2.75. The van der Waals surface area contributed by atoms with Crippen LogP contribution >= 0.6 is 43.5 Å². The molecule has 0 aliphatic carbocycles. The van der Waals surface area contributed by atoms with Crippen LogP contribution in [0.4, 0.5) is 0 Å². The molecule has 3 aromatic carbocycles. The lowest BCUT2D eigenvalue weighted by Gasteiger charge is -2.14. The van der Waals surface area contributed by atoms with E-state index in [9.17, 15) is 35.1 Å². The van der Waals surface area contributed by atoms with E-state index in [1.54, 1.807) is 0 Å². The molecule has 10 heteroatoms. The fourth-order valence-electron chi connectivity index (χ4n) is 3.30. The van der Waals surface area contributed by atoms with Gasteiger partial charge in [-0.3, -0.25) is 0 Å². The Labute approximate surface area is 203 Å². The van der Waals surface area contributed by atoms with Crippen LogP contribution in [-0.4, -0.2) is 37.5 Å². The fourth-order valence-corrected chi connectivity index (χ4v) is 4.58. The molecule has 3 aromatic rings. The second-order valence-corrected chi connectivity index (χ2v) is 9.23. The van der Waals surface area contributed by atoms with Gasteiger partial charge in [0.15, 0.2) is 0 Å². The number of phenolic OH excluding ortho intramolecular Hbond substituents is 1. The van der Waals surface area contributed by atoms with Gasteiger partial charge < -0.3 is 25.5 Å². The zero-order valence-electron chi connectivity index (χ0n) is 16.1. The number of carboxylic acids is 2. The van der Waals surface area contributed by atoms with Gasteiger partial charge >= 0.3 is 11.9 Å². The van der Waals surface area contributed by atoms with E-state index >= 15 is 0 Å². The summed E-state index contributed by atoms with van der Waals surface area (Å²) in [5.41, 5.74) is 0.528. The number of phenols is 3. The van der Waals surface area contributed by atoms with E-state index in [1.807, 2.05) is 0 Å². The van der Waals surface area contributed by atoms with Gasteiger partial charge in [0.25, 0.3) is 0 Å². The second kappa shape index (κ2) is 9.40. The van der Waals surface area contributed by atoms with Gasteiger partial charge in [0.2, 0.25) is 0 Å². The van der Waals surface area contributed by atoms with Crippen molar-refractivity contribution in [1.82, 2.24) is 0 Å². The highest BCUT2D eigenvalue weighted by atomic mass is 79.9. The summed E-state index contributed by atoms with van der Waals surface area (Å²) in [6.45, 7) is 0. The van der Waals surface area contributed by atoms with Gasteiger partial charge in [-0.2, -0.15) is 0 Å². The second-order valence-electron chi connectivity index (χ2n) is 6.96. The van der Waals surface area contributed by atoms with Gasteiger partial charge in [-0.25, -0.2) is 9.59 Å². The van der Waals surface area contributed by atoms with Crippen LogP contribution < -0.4 is 0 Å². The van der Waals surface area contributed by atoms with Crippen LogP contribution in [-0.2, 0) is 12.8 Å². The summed E-state index contributed by atoms with van der Waals surface area (Å²) in [7, 11) is 0. The summed E-state index contributed by atoms with van der Waals surface area (Å²) >= 11 is 12.6. The molecule has 0 aliphatic heterocycles. The van der Waals surface area contributed by atoms with Crippen molar-refractivity contribution in [3.05, 3.63) is 83.7 Å². The maximum atomic E-state index is 11.4. The number of aromatic carboxylic acids is 2. The first-order valence-electron chi connectivity index (χ1n) is 8.97. The molecule has 0 amide bonds. The van der Waals surface area contributed by atoms with Gasteiger partial charge in [-0.05, 0) is 36.4 Å². The molecule has 166 valence electrons. The number of hydrogen-bond acceptors (Lipinski definition) is 5. The van der Waals surface area contributed by atoms with E-state index in [0.29, 0.717) is 20.1 Å². The molecule has 0 aromatic heterocycles. The molecule has 0 fully saturated rings. The third-order valence-electron chi connectivity index (χ3n) is 4.76. The lowest BCUT2D eigenvalue weighted by atomic mass is 9.95. The standard InChI is InChI=1S/C22H15Br2ClO7/c23-13-3-9(19(27)16(7-13)21(29)30)1-11-5-15(25)6-12(18(11)26)2-10-4-14(24)8-17(20(10)28)22(31)32/h3-8,26-28H,1-2H2,(H,29,30)(H,31,32). The number of carboxylic acid groups (broad SMARTS) is 2. The Kier molecular flexibility index (Phi) is 7.02. The first-order valence-corrected chi connectivity index (χ1v) is 10.9. The van der Waals surface area contributed by atoms with Crippen LogP contribution in [0.1, 0.15) is 43.0 Å². The fraction of sp³-hybridized carbons (Fsp3) is 0.0909. The van der Waals surface area contributed by atoms with E-state index in [4.69, 9.17) is 11.6 Å². The largest absolute Gasteiger partial charge is 0.507 e. The number of carbonyl (C=O) groups is 2. The predicted molar refractivity (Wildman–Crippen MR) is 124 cm³/mol. The van der Waals surface area contributed by atoms with E-state index < -0.39 is 23.4 Å². The van der Waals surface area contributed by atoms with Crippen molar-refractivity contribution in [2.45, 2.75) is 12.8 Å². The number of rotatable bonds is 6. The zero-order chi connectivity index (χ0) is 23.7. The Bertz CT molecular complexity index is 1170. The molecule has 5 N–H and O–H groups in total. The lowest BCUT2D eigenvalue weighted by Crippen LogP contribution is -2.02. The third kappa shape index (κ3) is 5.01. The third-order valence-corrected chi connectivity index (χ3v) is 5.90. The Morgan fingerprint density at radius 3 is 1.34 bits per heavy atom. The molecule has 0 unspecified atom stereocenters. The lowest BCUT2D eigenvalue weighted by molar-refractivity contribution is 0.0682. The minimum absolute atomic E-state index is 0.0320. The van der Waals surface area contributed by atoms with Gasteiger partial charge in [0, 0.05) is 49.1 Å². The molecule has 0 radical (unpaired) electrons. The van der Waals surface area contributed by atoms with E-state index in [-0.39, 0.29) is 45.9 Å². The molecule has 0 atom stereocenters. The Morgan fingerprint density at radius 1 is 0.656 bits per heavy atom. The molecular formula is C22H15Br2ClO7. The molecular weight excluding hydrogens is 571 g/mol. The molecule has 0 saturated heterocycles. The average Bonchev–Trinajstić information content (AvgIpc) is 2.69. The van der Waals surface area contributed by atoms with Gasteiger partial charge in [0.1, 0.15) is 28.4 Å². The van der Waals surface area contributed by atoms with Crippen LogP contribution in [0, 0.1) is 0 Å². The summed E-state index contributed by atoms with van der Waals surface area (Å²) in [5, 5.41) is 50.3. The van der Waals surface area contributed by atoms with Crippen molar-refractivity contribution >= 4 is 55.4 Å². The van der Waals surface area contributed by atoms with Crippen LogP contribution in [0.25, 0.3) is 0 Å². The molecule has 0 saturated carbocycles. The summed E-state index contributed by atoms with van der Waals surface area (Å²) in [6, 6.07) is 8.54. The maximum Gasteiger partial charge on any atom is 0.339 e. The van der Waals surface area contributed by atoms with E-state index in [2.05, 4.69) is 31.9 Å². The van der Waals surface area contributed by atoms with Gasteiger partial charge in [-0.15, -0.1) is 0 Å². The zero-order valence-corrected chi connectivity index (χ0v) is 20.0. The molecule has 0 spiro atoms. The monoisotopic (exact) mass is 584 g/mol. The maximum absolute atomic E-state index is 11.4. The molecule has 0 heterocycles. The highest BCUT2D eigenvalue weighted by molar-refractivity contribution is 9.10. The minimum atomic E-state index is -1.31. The van der Waals surface area contributed by atoms with Crippen LogP contribution in [0.5, 0.6) is 17.2 Å². The van der Waals surface area contributed by atoms with Crippen molar-refractivity contribution in [3.8, 4) is 17.2 Å². The smallest absolute Gasteiger partial charge is 0.339 e. The van der Waals surface area contributed by atoms with E-state index in [1.165, 1.54) is 36.4 Å². The summed E-state index contributed by atoms with van der Waals surface area (Å²) < 4.78 is 0.870. The highest BCUT2D eigenvalue weighted by Gasteiger charge is 2.20. The Balaban J connectivity index is 2.05. The predicted octanol–water partition coefficient (Wildman–Crippen LogP) is 5.56. The van der Waals surface area contributed by atoms with Crippen molar-refractivity contribution in [1.29, 1.82) is 0 Å². The van der Waals surface area contributed by atoms with Crippen molar-refractivity contribution in [2.75, 3.05) is 0 Å². The molecule has 32 heavy (non-hydrogen) atoms. The quantitative estimate of drug-likeness (QED) is 0.255. The summed E-state index contributed by atoms with van der Waals surface area (Å²) in [6.07, 6.45) is -0.0639. The van der Waals surface area contributed by atoms with Crippen LogP contribution in [0.3, 0.4) is 0 Å². The number of aromatic hydroxyl groups is 3. The normalized spacial score (nSPS) is 10.8. The van der Waals surface area contributed by atoms with Crippen LogP contribution in [0.2, 0.25) is 5.02 Å². The van der Waals surface area contributed by atoms with Crippen molar-refractivity contribution < 1.29 is 35.1 Å². The minimum Gasteiger partial charge on any atom is -0.507 e. The van der Waals surface area contributed by atoms with Crippen molar-refractivity contribution in [3.63, 3.8) is 0 Å². The average molecular weight is 587 g/mol. The van der Waals surface area contributed by atoms with Crippen molar-refractivity contribution in [2.24, 2.45) is 0 Å². The number of halogens is 3. The van der Waals surface area contributed by atoms with Gasteiger partial charge in [-0.1, -0.05) is 43.5 Å². The highest BCUT2D eigenvalue weighted by Crippen LogP contribution is 2.37. The Morgan fingerprint density at radius 2 is 1.00 bits per heavy atom. The van der Waals surface area contributed by atoms with Crippen LogP contribution in [0.15, 0.2) is 45.3 Å².